The summed E-state index contributed by atoms with van der Waals surface area (Å²) < 4.78 is 4.73. The fourth-order valence-corrected chi connectivity index (χ4v) is 2.26. The molecule has 18 heavy (non-hydrogen) atoms. The van der Waals surface area contributed by atoms with Gasteiger partial charge < -0.3 is 9.64 Å². The van der Waals surface area contributed by atoms with Crippen LogP contribution in [0.25, 0.3) is 0 Å². The highest BCUT2D eigenvalue weighted by atomic mass is 16.5. The van der Waals surface area contributed by atoms with Crippen LogP contribution in [-0.4, -0.2) is 41.5 Å². The highest BCUT2D eigenvalue weighted by Gasteiger charge is 2.35. The third kappa shape index (κ3) is 2.20. The van der Waals surface area contributed by atoms with Gasteiger partial charge in [-0.2, -0.15) is 0 Å². The van der Waals surface area contributed by atoms with Gasteiger partial charge in [-0.3, -0.25) is 9.78 Å². The van der Waals surface area contributed by atoms with Crippen molar-refractivity contribution in [1.82, 2.24) is 9.88 Å². The zero-order valence-corrected chi connectivity index (χ0v) is 10.5. The first-order valence-electron chi connectivity index (χ1n) is 5.95. The molecule has 5 heteroatoms. The standard InChI is InChI=1S/C13H16N2O3/c1-9-10(5-3-7-14-9)12(16)15-8-4-6-11(15)13(17)18-2/h3,5,7,11H,4,6,8H2,1-2H3. The predicted molar refractivity (Wildman–Crippen MR) is 65.0 cm³/mol. The summed E-state index contributed by atoms with van der Waals surface area (Å²) in [6, 6.07) is 3.00. The van der Waals surface area contributed by atoms with Gasteiger partial charge in [-0.25, -0.2) is 4.79 Å². The number of aromatic nitrogens is 1. The first-order valence-corrected chi connectivity index (χ1v) is 5.95. The number of methoxy groups -OCH3 is 1. The molecule has 96 valence electrons. The summed E-state index contributed by atoms with van der Waals surface area (Å²) in [5, 5.41) is 0. The molecule has 0 aromatic carbocycles. The summed E-state index contributed by atoms with van der Waals surface area (Å²) >= 11 is 0. The lowest BCUT2D eigenvalue weighted by atomic mass is 10.1. The Balaban J connectivity index is 2.23. The maximum Gasteiger partial charge on any atom is 0.328 e. The van der Waals surface area contributed by atoms with Crippen LogP contribution in [0.2, 0.25) is 0 Å². The minimum Gasteiger partial charge on any atom is -0.467 e. The van der Waals surface area contributed by atoms with Gasteiger partial charge in [-0.1, -0.05) is 0 Å². The number of esters is 1. The van der Waals surface area contributed by atoms with Crippen LogP contribution < -0.4 is 0 Å². The molecule has 0 radical (unpaired) electrons. The van der Waals surface area contributed by atoms with Crippen molar-refractivity contribution in [3.63, 3.8) is 0 Å². The molecule has 1 unspecified atom stereocenters. The Hall–Kier alpha value is -1.91. The van der Waals surface area contributed by atoms with Crippen molar-refractivity contribution in [2.45, 2.75) is 25.8 Å². The van der Waals surface area contributed by atoms with Crippen LogP contribution in [0.5, 0.6) is 0 Å². The van der Waals surface area contributed by atoms with Gasteiger partial charge in [0.2, 0.25) is 0 Å². The lowest BCUT2D eigenvalue weighted by Crippen LogP contribution is -2.41. The van der Waals surface area contributed by atoms with Gasteiger partial charge in [-0.05, 0) is 31.9 Å². The van der Waals surface area contributed by atoms with Crippen molar-refractivity contribution in [2.75, 3.05) is 13.7 Å². The Bertz CT molecular complexity index is 473. The highest BCUT2D eigenvalue weighted by molar-refractivity contribution is 5.97. The number of likely N-dealkylation sites (tertiary alicyclic amines) is 1. The SMILES string of the molecule is COC(=O)C1CCCN1C(=O)c1cccnc1C. The summed E-state index contributed by atoms with van der Waals surface area (Å²) in [6.45, 7) is 2.38. The number of pyridine rings is 1. The Morgan fingerprint density at radius 1 is 1.50 bits per heavy atom. The number of carbonyl (C=O) groups excluding carboxylic acids is 2. The van der Waals surface area contributed by atoms with Gasteiger partial charge in [0.1, 0.15) is 6.04 Å². The van der Waals surface area contributed by atoms with Crippen LogP contribution in [0.15, 0.2) is 18.3 Å². The molecule has 0 aliphatic carbocycles. The van der Waals surface area contributed by atoms with E-state index in [0.29, 0.717) is 24.2 Å². The average molecular weight is 248 g/mol. The molecule has 0 bridgehead atoms. The summed E-state index contributed by atoms with van der Waals surface area (Å²) in [5.74, 6) is -0.490. The van der Waals surface area contributed by atoms with Crippen molar-refractivity contribution < 1.29 is 14.3 Å². The number of nitrogens with zero attached hydrogens (tertiary/aromatic N) is 2. The van der Waals surface area contributed by atoms with E-state index in [0.717, 1.165) is 6.42 Å². The van der Waals surface area contributed by atoms with E-state index < -0.39 is 6.04 Å². The van der Waals surface area contributed by atoms with Crippen molar-refractivity contribution >= 4 is 11.9 Å². The maximum absolute atomic E-state index is 12.4. The molecule has 1 fully saturated rings. The van der Waals surface area contributed by atoms with E-state index in [9.17, 15) is 9.59 Å². The van der Waals surface area contributed by atoms with Crippen LogP contribution in [0, 0.1) is 6.92 Å². The molecule has 1 aliphatic heterocycles. The molecule has 1 saturated heterocycles. The minimum absolute atomic E-state index is 0.145. The lowest BCUT2D eigenvalue weighted by molar-refractivity contribution is -0.145. The maximum atomic E-state index is 12.4. The van der Waals surface area contributed by atoms with Gasteiger partial charge in [0.15, 0.2) is 0 Å². The summed E-state index contributed by atoms with van der Waals surface area (Å²) in [6.07, 6.45) is 3.14. The largest absolute Gasteiger partial charge is 0.467 e. The smallest absolute Gasteiger partial charge is 0.328 e. The molecule has 1 amide bonds. The molecule has 1 aromatic rings. The molecule has 0 N–H and O–H groups in total. The van der Waals surface area contributed by atoms with E-state index in [1.807, 2.05) is 0 Å². The molecule has 5 nitrogen and oxygen atoms in total. The quantitative estimate of drug-likeness (QED) is 0.737. The monoisotopic (exact) mass is 248 g/mol. The van der Waals surface area contributed by atoms with Crippen LogP contribution >= 0.6 is 0 Å². The van der Waals surface area contributed by atoms with E-state index in [-0.39, 0.29) is 11.9 Å². The second-order valence-corrected chi connectivity index (χ2v) is 4.32. The van der Waals surface area contributed by atoms with Crippen LogP contribution in [0.3, 0.4) is 0 Å². The van der Waals surface area contributed by atoms with Gasteiger partial charge in [0.25, 0.3) is 5.91 Å². The van der Waals surface area contributed by atoms with Crippen LogP contribution in [0.4, 0.5) is 0 Å². The number of aryl methyl sites for hydroxylation is 1. The minimum atomic E-state index is -0.456. The van der Waals surface area contributed by atoms with Crippen LogP contribution in [-0.2, 0) is 9.53 Å². The average Bonchev–Trinajstić information content (AvgIpc) is 2.86. The second kappa shape index (κ2) is 5.16. The third-order valence-corrected chi connectivity index (χ3v) is 3.22. The molecule has 0 saturated carbocycles. The van der Waals surface area contributed by atoms with E-state index in [1.165, 1.54) is 7.11 Å². The lowest BCUT2D eigenvalue weighted by Gasteiger charge is -2.23. The molecule has 1 aromatic heterocycles. The highest BCUT2D eigenvalue weighted by Crippen LogP contribution is 2.21. The zero-order chi connectivity index (χ0) is 13.1. The Morgan fingerprint density at radius 3 is 2.94 bits per heavy atom. The predicted octanol–water partition coefficient (Wildman–Crippen LogP) is 1.17. The molecule has 2 heterocycles. The van der Waals surface area contributed by atoms with Crippen molar-refractivity contribution in [1.29, 1.82) is 0 Å². The molecule has 1 aliphatic rings. The molecule has 0 spiro atoms. The first-order chi connectivity index (χ1) is 8.65. The topological polar surface area (TPSA) is 59.5 Å². The van der Waals surface area contributed by atoms with Gasteiger partial charge >= 0.3 is 5.97 Å². The summed E-state index contributed by atoms with van der Waals surface area (Å²) in [4.78, 5) is 29.7. The van der Waals surface area contributed by atoms with E-state index >= 15 is 0 Å². The van der Waals surface area contributed by atoms with Crippen molar-refractivity contribution in [2.24, 2.45) is 0 Å². The molecular weight excluding hydrogens is 232 g/mol. The fraction of sp³-hybridized carbons (Fsp3) is 0.462. The number of rotatable bonds is 2. The number of ether oxygens (including phenoxy) is 1. The number of amides is 1. The summed E-state index contributed by atoms with van der Waals surface area (Å²) in [7, 11) is 1.35. The van der Waals surface area contributed by atoms with Gasteiger partial charge in [0, 0.05) is 18.4 Å². The molecule has 1 atom stereocenters. The summed E-state index contributed by atoms with van der Waals surface area (Å²) in [5.41, 5.74) is 1.23. The second-order valence-electron chi connectivity index (χ2n) is 4.32. The van der Waals surface area contributed by atoms with E-state index in [2.05, 4.69) is 4.98 Å². The van der Waals surface area contributed by atoms with E-state index in [4.69, 9.17) is 4.74 Å². The van der Waals surface area contributed by atoms with Crippen LogP contribution in [0.1, 0.15) is 28.9 Å². The zero-order valence-electron chi connectivity index (χ0n) is 10.5. The molecule has 2 rings (SSSR count). The normalized spacial score (nSPS) is 18.8. The Morgan fingerprint density at radius 2 is 2.28 bits per heavy atom. The first kappa shape index (κ1) is 12.5. The van der Waals surface area contributed by atoms with Crippen molar-refractivity contribution in [3.05, 3.63) is 29.6 Å². The Labute approximate surface area is 106 Å². The number of carbonyl (C=O) groups is 2. The van der Waals surface area contributed by atoms with Gasteiger partial charge in [0.05, 0.1) is 12.7 Å². The fourth-order valence-electron chi connectivity index (χ4n) is 2.26. The van der Waals surface area contributed by atoms with Gasteiger partial charge in [-0.15, -0.1) is 0 Å². The number of hydrogen-bond donors (Lipinski definition) is 0. The van der Waals surface area contributed by atoms with E-state index in [1.54, 1.807) is 30.2 Å². The Kier molecular flexibility index (Phi) is 3.60. The third-order valence-electron chi connectivity index (χ3n) is 3.22. The van der Waals surface area contributed by atoms with Crippen molar-refractivity contribution in [3.8, 4) is 0 Å². The molecular formula is C13H16N2O3. The number of hydrogen-bond acceptors (Lipinski definition) is 4.